The number of benzene rings is 1. The van der Waals surface area contributed by atoms with Crippen LogP contribution in [0.4, 0.5) is 27.4 Å². The Labute approximate surface area is 186 Å². The van der Waals surface area contributed by atoms with E-state index in [2.05, 4.69) is 48.4 Å². The summed E-state index contributed by atoms with van der Waals surface area (Å²) in [6.07, 6.45) is 2.99. The molecular formula is C23H26FN7O. The van der Waals surface area contributed by atoms with E-state index in [4.69, 9.17) is 0 Å². The topological polar surface area (TPSA) is 104 Å². The van der Waals surface area contributed by atoms with E-state index in [1.807, 2.05) is 13.0 Å². The van der Waals surface area contributed by atoms with E-state index in [0.717, 1.165) is 18.8 Å². The first kappa shape index (κ1) is 21.6. The van der Waals surface area contributed by atoms with Gasteiger partial charge in [0, 0.05) is 43.8 Å². The zero-order chi connectivity index (χ0) is 22.7. The van der Waals surface area contributed by atoms with E-state index in [-0.39, 0.29) is 11.7 Å². The van der Waals surface area contributed by atoms with Gasteiger partial charge in [-0.05, 0) is 50.1 Å². The van der Waals surface area contributed by atoms with Crippen LogP contribution in [0.2, 0.25) is 0 Å². The molecular weight excluding hydrogens is 409 g/mol. The highest BCUT2D eigenvalue weighted by molar-refractivity contribution is 6.00. The first-order valence-corrected chi connectivity index (χ1v) is 10.5. The predicted octanol–water partition coefficient (Wildman–Crippen LogP) is 3.92. The van der Waals surface area contributed by atoms with Crippen molar-refractivity contribution in [3.8, 4) is 0 Å². The molecule has 0 spiro atoms. The quantitative estimate of drug-likeness (QED) is 0.446. The molecule has 1 aliphatic heterocycles. The van der Waals surface area contributed by atoms with Gasteiger partial charge < -0.3 is 21.3 Å². The highest BCUT2D eigenvalue weighted by atomic mass is 19.1. The molecule has 4 rings (SSSR count). The van der Waals surface area contributed by atoms with Gasteiger partial charge >= 0.3 is 0 Å². The number of fused-ring (bicyclic) bond motifs is 1. The molecule has 0 aliphatic carbocycles. The zero-order valence-electron chi connectivity index (χ0n) is 18.3. The van der Waals surface area contributed by atoms with Crippen molar-refractivity contribution in [1.82, 2.24) is 25.6 Å². The van der Waals surface area contributed by atoms with E-state index in [0.29, 0.717) is 29.4 Å². The van der Waals surface area contributed by atoms with Crippen LogP contribution in [0, 0.1) is 0 Å². The Bertz CT molecular complexity index is 1140. The molecule has 0 fully saturated rings. The van der Waals surface area contributed by atoms with E-state index in [9.17, 15) is 9.18 Å². The minimum absolute atomic E-state index is 0.0567. The number of carbonyl (C=O) groups is 1. The Kier molecular flexibility index (Phi) is 6.00. The van der Waals surface area contributed by atoms with Crippen molar-refractivity contribution >= 4 is 28.9 Å². The minimum Gasteiger partial charge on any atom is -0.352 e. The lowest BCUT2D eigenvalue weighted by molar-refractivity contribution is 0.0956. The molecule has 0 saturated heterocycles. The molecule has 0 radical (unpaired) electrons. The molecule has 0 atom stereocenters. The highest BCUT2D eigenvalue weighted by Gasteiger charge is 2.23. The van der Waals surface area contributed by atoms with Crippen LogP contribution < -0.4 is 21.3 Å². The minimum atomic E-state index is -1.69. The first-order valence-electron chi connectivity index (χ1n) is 10.5. The van der Waals surface area contributed by atoms with E-state index in [1.165, 1.54) is 37.4 Å². The van der Waals surface area contributed by atoms with E-state index >= 15 is 0 Å². The number of hydrogen-bond acceptors (Lipinski definition) is 7. The zero-order valence-corrected chi connectivity index (χ0v) is 18.3. The van der Waals surface area contributed by atoms with Crippen LogP contribution in [0.3, 0.4) is 0 Å². The van der Waals surface area contributed by atoms with Gasteiger partial charge in [-0.25, -0.2) is 19.3 Å². The average Bonchev–Trinajstić information content (AvgIpc) is 3.22. The summed E-state index contributed by atoms with van der Waals surface area (Å²) in [4.78, 5) is 25.2. The van der Waals surface area contributed by atoms with Crippen LogP contribution in [0.15, 0.2) is 42.7 Å². The summed E-state index contributed by atoms with van der Waals surface area (Å²) in [6.45, 7) is 6.83. The van der Waals surface area contributed by atoms with Crippen molar-refractivity contribution in [2.75, 3.05) is 17.2 Å². The lowest BCUT2D eigenvalue weighted by Crippen LogP contribution is -2.24. The Morgan fingerprint density at radius 2 is 1.91 bits per heavy atom. The number of carbonyl (C=O) groups excluding carboxylic acids is 1. The summed E-state index contributed by atoms with van der Waals surface area (Å²) in [6, 6.07) is 9.53. The normalized spacial score (nSPS) is 12.9. The predicted molar refractivity (Wildman–Crippen MR) is 122 cm³/mol. The molecule has 1 aliphatic rings. The van der Waals surface area contributed by atoms with Gasteiger partial charge in [-0.1, -0.05) is 6.07 Å². The molecule has 1 aromatic carbocycles. The molecule has 1 amide bonds. The molecule has 3 heterocycles. The number of alkyl halides is 1. The standard InChI is InChI=1S/C23H26FN7O/c1-4-26-21(32)17-13-28-20(29-16-6-5-14-11-25-12-15(14)9-16)10-18(17)30-19-7-8-27-22(31-19)23(2,3)24/h5-10,13,25H,4,11-12H2,1-3H3,(H,26,32)(H2,27,28,29,30,31). The fourth-order valence-electron chi connectivity index (χ4n) is 3.44. The van der Waals surface area contributed by atoms with Crippen LogP contribution in [0.1, 0.15) is 48.1 Å². The first-order chi connectivity index (χ1) is 15.3. The summed E-state index contributed by atoms with van der Waals surface area (Å²) >= 11 is 0. The molecule has 0 saturated carbocycles. The van der Waals surface area contributed by atoms with Gasteiger partial charge in [-0.2, -0.15) is 0 Å². The van der Waals surface area contributed by atoms with Gasteiger partial charge in [0.1, 0.15) is 11.6 Å². The second-order valence-corrected chi connectivity index (χ2v) is 8.05. The summed E-state index contributed by atoms with van der Waals surface area (Å²) in [7, 11) is 0. The number of nitrogens with zero attached hydrogens (tertiary/aromatic N) is 3. The van der Waals surface area contributed by atoms with Gasteiger partial charge in [0.25, 0.3) is 5.91 Å². The number of anilines is 4. The van der Waals surface area contributed by atoms with Crippen molar-refractivity contribution < 1.29 is 9.18 Å². The van der Waals surface area contributed by atoms with Gasteiger partial charge in [-0.3, -0.25) is 4.79 Å². The lowest BCUT2D eigenvalue weighted by Gasteiger charge is -2.16. The van der Waals surface area contributed by atoms with Crippen molar-refractivity contribution in [2.45, 2.75) is 39.5 Å². The van der Waals surface area contributed by atoms with E-state index in [1.54, 1.807) is 12.1 Å². The molecule has 166 valence electrons. The molecule has 32 heavy (non-hydrogen) atoms. The third-order valence-electron chi connectivity index (χ3n) is 5.05. The van der Waals surface area contributed by atoms with Crippen molar-refractivity contribution in [1.29, 1.82) is 0 Å². The van der Waals surface area contributed by atoms with Crippen LogP contribution in [0.5, 0.6) is 0 Å². The average molecular weight is 436 g/mol. The maximum atomic E-state index is 14.3. The van der Waals surface area contributed by atoms with Crippen LogP contribution in [-0.4, -0.2) is 27.4 Å². The van der Waals surface area contributed by atoms with Crippen molar-refractivity contribution in [3.63, 3.8) is 0 Å². The van der Waals surface area contributed by atoms with Gasteiger partial charge in [0.05, 0.1) is 11.3 Å². The lowest BCUT2D eigenvalue weighted by atomic mass is 10.1. The Morgan fingerprint density at radius 3 is 2.69 bits per heavy atom. The fraction of sp³-hybridized carbons (Fsp3) is 0.304. The number of aromatic nitrogens is 3. The molecule has 9 heteroatoms. The number of hydrogen-bond donors (Lipinski definition) is 4. The summed E-state index contributed by atoms with van der Waals surface area (Å²) in [5.74, 6) is 0.734. The maximum absolute atomic E-state index is 14.3. The van der Waals surface area contributed by atoms with E-state index < -0.39 is 5.67 Å². The molecule has 0 bridgehead atoms. The van der Waals surface area contributed by atoms with Crippen molar-refractivity contribution in [2.24, 2.45) is 0 Å². The number of rotatable bonds is 7. The molecule has 3 aromatic rings. The van der Waals surface area contributed by atoms with Crippen LogP contribution >= 0.6 is 0 Å². The number of nitrogens with one attached hydrogen (secondary N) is 4. The Morgan fingerprint density at radius 1 is 1.09 bits per heavy atom. The monoisotopic (exact) mass is 435 g/mol. The third-order valence-corrected chi connectivity index (χ3v) is 5.05. The summed E-state index contributed by atoms with van der Waals surface area (Å²) in [5, 5.41) is 12.5. The largest absolute Gasteiger partial charge is 0.352 e. The smallest absolute Gasteiger partial charge is 0.254 e. The summed E-state index contributed by atoms with van der Waals surface area (Å²) < 4.78 is 14.3. The third kappa shape index (κ3) is 4.83. The molecule has 8 nitrogen and oxygen atoms in total. The summed E-state index contributed by atoms with van der Waals surface area (Å²) in [5.41, 5.74) is 2.60. The number of pyridine rings is 1. The number of amides is 1. The van der Waals surface area contributed by atoms with Crippen LogP contribution in [-0.2, 0) is 18.8 Å². The number of halogens is 1. The van der Waals surface area contributed by atoms with Gasteiger partial charge in [-0.15, -0.1) is 0 Å². The Hall–Kier alpha value is -3.59. The highest BCUT2D eigenvalue weighted by Crippen LogP contribution is 2.27. The fourth-order valence-corrected chi connectivity index (χ4v) is 3.44. The van der Waals surface area contributed by atoms with Gasteiger partial charge in [0.2, 0.25) is 0 Å². The van der Waals surface area contributed by atoms with Gasteiger partial charge in [0.15, 0.2) is 11.5 Å². The SMILES string of the molecule is CCNC(=O)c1cnc(Nc2ccc3c(c2)CNC3)cc1Nc1ccnc(C(C)(C)F)n1. The maximum Gasteiger partial charge on any atom is 0.254 e. The van der Waals surface area contributed by atoms with Crippen LogP contribution in [0.25, 0.3) is 0 Å². The van der Waals surface area contributed by atoms with Crippen molar-refractivity contribution in [3.05, 3.63) is 65.2 Å². The second kappa shape index (κ2) is 8.88. The molecule has 4 N–H and O–H groups in total. The Balaban J connectivity index is 1.65. The second-order valence-electron chi connectivity index (χ2n) is 8.05. The molecule has 0 unspecified atom stereocenters. The molecule has 2 aromatic heterocycles.